The average Bonchev–Trinajstić information content (AvgIpc) is 2.27. The highest BCUT2D eigenvalue weighted by atomic mass is 35.5. The van der Waals surface area contributed by atoms with Crippen LogP contribution in [0.3, 0.4) is 0 Å². The van der Waals surface area contributed by atoms with E-state index in [9.17, 15) is 9.59 Å². The van der Waals surface area contributed by atoms with E-state index in [1.54, 1.807) is 20.8 Å². The number of benzene rings is 1. The van der Waals surface area contributed by atoms with Gasteiger partial charge in [0.2, 0.25) is 0 Å². The Morgan fingerprint density at radius 3 is 2.26 bits per heavy atom. The molecule has 0 fully saturated rings. The van der Waals surface area contributed by atoms with E-state index in [2.05, 4.69) is 10.9 Å². The minimum absolute atomic E-state index is 0.256. The van der Waals surface area contributed by atoms with Crippen LogP contribution in [0.15, 0.2) is 18.2 Å². The lowest BCUT2D eigenvalue weighted by Crippen LogP contribution is -2.44. The van der Waals surface area contributed by atoms with Crippen molar-refractivity contribution in [1.29, 1.82) is 0 Å². The molecular formula is C12H14Cl2N2O3. The number of hydrogen-bond acceptors (Lipinski definition) is 3. The molecule has 1 aromatic rings. The number of hydrogen-bond donors (Lipinski definition) is 2. The second-order valence-corrected chi connectivity index (χ2v) is 5.52. The first-order valence-corrected chi connectivity index (χ1v) is 6.19. The minimum atomic E-state index is -0.749. The second-order valence-electron chi connectivity index (χ2n) is 4.71. The molecule has 0 aliphatic rings. The Labute approximate surface area is 121 Å². The van der Waals surface area contributed by atoms with E-state index < -0.39 is 17.6 Å². The Morgan fingerprint density at radius 1 is 1.11 bits per heavy atom. The van der Waals surface area contributed by atoms with E-state index in [-0.39, 0.29) is 10.6 Å². The summed E-state index contributed by atoms with van der Waals surface area (Å²) >= 11 is 11.5. The molecule has 0 bridgehead atoms. The molecule has 0 radical (unpaired) electrons. The summed E-state index contributed by atoms with van der Waals surface area (Å²) in [4.78, 5) is 23.0. The largest absolute Gasteiger partial charge is 0.443 e. The van der Waals surface area contributed by atoms with E-state index in [0.29, 0.717) is 5.02 Å². The Hall–Kier alpha value is -1.46. The number of amides is 2. The van der Waals surface area contributed by atoms with Crippen LogP contribution in [0.5, 0.6) is 0 Å². The van der Waals surface area contributed by atoms with E-state index in [1.807, 2.05) is 0 Å². The number of hydrazine groups is 1. The normalized spacial score (nSPS) is 10.8. The maximum atomic E-state index is 11.7. The highest BCUT2D eigenvalue weighted by molar-refractivity contribution is 6.42. The lowest BCUT2D eigenvalue weighted by atomic mass is 10.2. The molecule has 0 atom stereocenters. The molecule has 2 N–H and O–H groups in total. The standard InChI is InChI=1S/C12H14Cl2N2O3/c1-12(2,3)19-11(18)16-15-10(17)7-4-5-8(13)9(14)6-7/h4-6H,1-3H3,(H,15,17)(H,16,18). The first-order valence-electron chi connectivity index (χ1n) is 5.43. The molecule has 1 aromatic carbocycles. The van der Waals surface area contributed by atoms with Crippen LogP contribution in [0.2, 0.25) is 10.0 Å². The van der Waals surface area contributed by atoms with Crippen molar-refractivity contribution in [3.05, 3.63) is 33.8 Å². The minimum Gasteiger partial charge on any atom is -0.443 e. The van der Waals surface area contributed by atoms with Crippen LogP contribution >= 0.6 is 23.2 Å². The zero-order chi connectivity index (χ0) is 14.6. The van der Waals surface area contributed by atoms with Crippen LogP contribution < -0.4 is 10.9 Å². The first kappa shape index (κ1) is 15.6. The van der Waals surface area contributed by atoms with Gasteiger partial charge < -0.3 is 4.74 Å². The van der Waals surface area contributed by atoms with E-state index in [1.165, 1.54) is 18.2 Å². The SMILES string of the molecule is CC(C)(C)OC(=O)NNC(=O)c1ccc(Cl)c(Cl)c1. The van der Waals surface area contributed by atoms with Crippen molar-refractivity contribution >= 4 is 35.2 Å². The molecule has 0 aliphatic heterocycles. The van der Waals surface area contributed by atoms with Gasteiger partial charge >= 0.3 is 6.09 Å². The number of nitrogens with one attached hydrogen (secondary N) is 2. The van der Waals surface area contributed by atoms with Gasteiger partial charge in [0.05, 0.1) is 10.0 Å². The van der Waals surface area contributed by atoms with Crippen molar-refractivity contribution in [2.45, 2.75) is 26.4 Å². The van der Waals surface area contributed by atoms with Crippen molar-refractivity contribution in [2.75, 3.05) is 0 Å². The summed E-state index contributed by atoms with van der Waals surface area (Å²) < 4.78 is 4.95. The van der Waals surface area contributed by atoms with Gasteiger partial charge in [-0.25, -0.2) is 10.2 Å². The van der Waals surface area contributed by atoms with Crippen LogP contribution in [0, 0.1) is 0 Å². The quantitative estimate of drug-likeness (QED) is 0.783. The van der Waals surface area contributed by atoms with Gasteiger partial charge in [0.25, 0.3) is 5.91 Å². The summed E-state index contributed by atoms with van der Waals surface area (Å²) in [5.74, 6) is -0.524. The molecular weight excluding hydrogens is 291 g/mol. The summed E-state index contributed by atoms with van der Waals surface area (Å²) in [6.45, 7) is 5.15. The zero-order valence-electron chi connectivity index (χ0n) is 10.7. The third-order valence-electron chi connectivity index (χ3n) is 1.86. The average molecular weight is 305 g/mol. The molecule has 0 saturated carbocycles. The van der Waals surface area contributed by atoms with E-state index >= 15 is 0 Å². The van der Waals surface area contributed by atoms with E-state index in [4.69, 9.17) is 27.9 Å². The number of ether oxygens (including phenoxy) is 1. The molecule has 2 amide bonds. The van der Waals surface area contributed by atoms with Gasteiger partial charge in [0, 0.05) is 5.56 Å². The van der Waals surface area contributed by atoms with E-state index in [0.717, 1.165) is 0 Å². The molecule has 1 rings (SSSR count). The van der Waals surface area contributed by atoms with Crippen molar-refractivity contribution < 1.29 is 14.3 Å². The predicted octanol–water partition coefficient (Wildman–Crippen LogP) is 3.16. The Balaban J connectivity index is 2.56. The Kier molecular flexibility index (Phi) is 5.03. The van der Waals surface area contributed by atoms with Gasteiger partial charge in [0.1, 0.15) is 5.60 Å². The fourth-order valence-corrected chi connectivity index (χ4v) is 1.42. The molecule has 19 heavy (non-hydrogen) atoms. The molecule has 0 unspecified atom stereocenters. The van der Waals surface area contributed by atoms with Crippen LogP contribution in [0.4, 0.5) is 4.79 Å². The van der Waals surface area contributed by atoms with Gasteiger partial charge in [-0.05, 0) is 39.0 Å². The number of halogens is 2. The van der Waals surface area contributed by atoms with Crippen LogP contribution in [0.25, 0.3) is 0 Å². The Morgan fingerprint density at radius 2 is 1.74 bits per heavy atom. The van der Waals surface area contributed by atoms with Crippen molar-refractivity contribution in [3.63, 3.8) is 0 Å². The molecule has 5 nitrogen and oxygen atoms in total. The monoisotopic (exact) mass is 304 g/mol. The maximum Gasteiger partial charge on any atom is 0.426 e. The predicted molar refractivity (Wildman–Crippen MR) is 73.3 cm³/mol. The highest BCUT2D eigenvalue weighted by Gasteiger charge is 2.16. The summed E-state index contributed by atoms with van der Waals surface area (Å²) in [6.07, 6.45) is -0.749. The molecule has 0 aliphatic carbocycles. The summed E-state index contributed by atoms with van der Waals surface area (Å²) in [6, 6.07) is 4.38. The number of carbonyl (C=O) groups excluding carboxylic acids is 2. The third kappa shape index (κ3) is 5.36. The van der Waals surface area contributed by atoms with Crippen molar-refractivity contribution in [2.24, 2.45) is 0 Å². The Bertz CT molecular complexity index is 498. The van der Waals surface area contributed by atoms with Gasteiger partial charge in [-0.3, -0.25) is 10.2 Å². The van der Waals surface area contributed by atoms with Gasteiger partial charge in [0.15, 0.2) is 0 Å². The second kappa shape index (κ2) is 6.12. The van der Waals surface area contributed by atoms with Crippen molar-refractivity contribution in [3.8, 4) is 0 Å². The van der Waals surface area contributed by atoms with Crippen LogP contribution in [-0.2, 0) is 4.74 Å². The smallest absolute Gasteiger partial charge is 0.426 e. The molecule has 0 aromatic heterocycles. The summed E-state index contributed by atoms with van der Waals surface area (Å²) in [5, 5.41) is 0.602. The zero-order valence-corrected chi connectivity index (χ0v) is 12.2. The first-order chi connectivity index (χ1) is 8.69. The van der Waals surface area contributed by atoms with Crippen molar-refractivity contribution in [1.82, 2.24) is 10.9 Å². The topological polar surface area (TPSA) is 67.4 Å². The lowest BCUT2D eigenvalue weighted by Gasteiger charge is -2.19. The summed E-state index contributed by atoms with van der Waals surface area (Å²) in [5.41, 5.74) is 3.97. The fraction of sp³-hybridized carbons (Fsp3) is 0.333. The van der Waals surface area contributed by atoms with Crippen LogP contribution in [-0.4, -0.2) is 17.6 Å². The number of rotatable bonds is 1. The molecule has 0 saturated heterocycles. The number of carbonyl (C=O) groups is 2. The van der Waals surface area contributed by atoms with Crippen LogP contribution in [0.1, 0.15) is 31.1 Å². The third-order valence-corrected chi connectivity index (χ3v) is 2.60. The van der Waals surface area contributed by atoms with Gasteiger partial charge in [-0.2, -0.15) is 0 Å². The summed E-state index contributed by atoms with van der Waals surface area (Å²) in [7, 11) is 0. The molecule has 7 heteroatoms. The maximum absolute atomic E-state index is 11.7. The molecule has 0 spiro atoms. The molecule has 104 valence electrons. The fourth-order valence-electron chi connectivity index (χ4n) is 1.12. The van der Waals surface area contributed by atoms with Gasteiger partial charge in [-0.1, -0.05) is 23.2 Å². The molecule has 0 heterocycles. The highest BCUT2D eigenvalue weighted by Crippen LogP contribution is 2.22. The van der Waals surface area contributed by atoms with Gasteiger partial charge in [-0.15, -0.1) is 0 Å². The lowest BCUT2D eigenvalue weighted by molar-refractivity contribution is 0.0483.